The third-order valence-corrected chi connectivity index (χ3v) is 8.70. The number of benzene rings is 1. The van der Waals surface area contributed by atoms with Crippen LogP contribution in [0.4, 0.5) is 0 Å². The minimum absolute atomic E-state index is 0.899. The van der Waals surface area contributed by atoms with Crippen molar-refractivity contribution in [2.24, 2.45) is 0 Å². The molecule has 0 aliphatic heterocycles. The van der Waals surface area contributed by atoms with Crippen LogP contribution in [0.5, 0.6) is 0 Å². The summed E-state index contributed by atoms with van der Waals surface area (Å²) in [7, 11) is 0. The molecule has 0 unspecified atom stereocenters. The normalized spacial score (nSPS) is 11.1. The van der Waals surface area contributed by atoms with E-state index in [9.17, 15) is 0 Å². The molecule has 0 fully saturated rings. The van der Waals surface area contributed by atoms with Crippen molar-refractivity contribution in [2.45, 2.75) is 91.1 Å². The van der Waals surface area contributed by atoms with Crippen LogP contribution in [-0.4, -0.2) is 9.97 Å². The Morgan fingerprint density at radius 3 is 1.16 bits per heavy atom. The van der Waals surface area contributed by atoms with Gasteiger partial charge in [-0.1, -0.05) is 64.5 Å². The van der Waals surface area contributed by atoms with Crippen LogP contribution in [0.2, 0.25) is 0 Å². The molecular weight excluding hydrogens is 536 g/mol. The Bertz CT molecular complexity index is 1430. The van der Waals surface area contributed by atoms with E-state index in [-0.39, 0.29) is 0 Å². The molecule has 0 N–H and O–H groups in total. The van der Waals surface area contributed by atoms with E-state index in [1.165, 1.54) is 84.7 Å². The van der Waals surface area contributed by atoms with Crippen LogP contribution >= 0.6 is 0 Å². The SMILES string of the molecule is CCCCCCc1c(C[n+]2ccc(-c3ccncc3)cc2)ccc(C[n+]2ccc(-c3ccncc3)cc2)c1CCCCCC. The van der Waals surface area contributed by atoms with Crippen LogP contribution in [0.15, 0.2) is 110 Å². The van der Waals surface area contributed by atoms with Crippen molar-refractivity contribution in [2.75, 3.05) is 0 Å². The van der Waals surface area contributed by atoms with Gasteiger partial charge in [-0.15, -0.1) is 0 Å². The van der Waals surface area contributed by atoms with Crippen molar-refractivity contribution in [3.8, 4) is 22.3 Å². The fourth-order valence-corrected chi connectivity index (χ4v) is 6.16. The van der Waals surface area contributed by atoms with E-state index in [0.717, 1.165) is 25.9 Å². The standard InChI is InChI=1S/C40H48N4/c1-3-5-7-9-11-39-37(31-43-27-19-35(20-28-43)33-15-23-41-24-16-33)13-14-38(40(39)12-10-8-6-4-2)32-44-29-21-36(22-30-44)34-17-25-42-26-18-34/h13-30H,3-12,31-32H2,1-2H3/q+2. The topological polar surface area (TPSA) is 33.5 Å². The zero-order chi connectivity index (χ0) is 30.4. The predicted molar refractivity (Wildman–Crippen MR) is 180 cm³/mol. The summed E-state index contributed by atoms with van der Waals surface area (Å²) in [5, 5.41) is 0. The first-order chi connectivity index (χ1) is 21.7. The first kappa shape index (κ1) is 31.3. The predicted octanol–water partition coefficient (Wildman–Crippen LogP) is 8.73. The van der Waals surface area contributed by atoms with E-state index in [1.54, 1.807) is 11.1 Å². The lowest BCUT2D eigenvalue weighted by molar-refractivity contribution is -0.688. The number of rotatable bonds is 16. The molecule has 5 aromatic rings. The smallest absolute Gasteiger partial charge is 0.174 e. The average molecular weight is 585 g/mol. The highest BCUT2D eigenvalue weighted by atomic mass is 14.9. The van der Waals surface area contributed by atoms with E-state index in [0.29, 0.717) is 0 Å². The van der Waals surface area contributed by atoms with Crippen molar-refractivity contribution in [3.63, 3.8) is 0 Å². The maximum atomic E-state index is 4.17. The molecule has 0 saturated carbocycles. The minimum atomic E-state index is 0.899. The minimum Gasteiger partial charge on any atom is -0.265 e. The first-order valence-corrected chi connectivity index (χ1v) is 16.7. The summed E-state index contributed by atoms with van der Waals surface area (Å²) in [5.74, 6) is 0. The van der Waals surface area contributed by atoms with E-state index < -0.39 is 0 Å². The summed E-state index contributed by atoms with van der Waals surface area (Å²) in [4.78, 5) is 8.34. The number of hydrogen-bond acceptors (Lipinski definition) is 2. The summed E-state index contributed by atoms with van der Waals surface area (Å²) in [5.41, 5.74) is 11.0. The molecule has 0 atom stereocenters. The lowest BCUT2D eigenvalue weighted by Gasteiger charge is -2.18. The molecule has 0 aliphatic carbocycles. The van der Waals surface area contributed by atoms with Crippen molar-refractivity contribution >= 4 is 0 Å². The molecule has 4 heteroatoms. The van der Waals surface area contributed by atoms with Crippen LogP contribution in [0.1, 0.15) is 87.5 Å². The molecule has 0 spiro atoms. The van der Waals surface area contributed by atoms with E-state index in [4.69, 9.17) is 0 Å². The fourth-order valence-electron chi connectivity index (χ4n) is 6.16. The van der Waals surface area contributed by atoms with E-state index in [2.05, 4.69) is 118 Å². The molecule has 226 valence electrons. The fraction of sp³-hybridized carbons (Fsp3) is 0.350. The maximum Gasteiger partial charge on any atom is 0.174 e. The Balaban J connectivity index is 1.43. The Kier molecular flexibility index (Phi) is 11.8. The Morgan fingerprint density at radius 2 is 0.795 bits per heavy atom. The summed E-state index contributed by atoms with van der Waals surface area (Å²) >= 11 is 0. The Morgan fingerprint density at radius 1 is 0.432 bits per heavy atom. The Hall–Kier alpha value is -4.18. The number of pyridine rings is 4. The summed E-state index contributed by atoms with van der Waals surface area (Å²) < 4.78 is 4.67. The zero-order valence-corrected chi connectivity index (χ0v) is 26.7. The van der Waals surface area contributed by atoms with Gasteiger partial charge in [0.25, 0.3) is 0 Å². The van der Waals surface area contributed by atoms with Crippen molar-refractivity contribution in [1.29, 1.82) is 0 Å². The number of hydrogen-bond donors (Lipinski definition) is 0. The van der Waals surface area contributed by atoms with Crippen LogP contribution in [0.25, 0.3) is 22.3 Å². The second-order valence-corrected chi connectivity index (χ2v) is 12.0. The largest absolute Gasteiger partial charge is 0.265 e. The second kappa shape index (κ2) is 16.6. The van der Waals surface area contributed by atoms with Gasteiger partial charge in [0.1, 0.15) is 0 Å². The quantitative estimate of drug-likeness (QED) is 0.0858. The second-order valence-electron chi connectivity index (χ2n) is 12.0. The molecule has 0 saturated heterocycles. The lowest BCUT2D eigenvalue weighted by Crippen LogP contribution is -2.35. The highest BCUT2D eigenvalue weighted by molar-refractivity contribution is 5.62. The molecule has 0 bridgehead atoms. The monoisotopic (exact) mass is 584 g/mol. The number of nitrogens with zero attached hydrogens (tertiary/aromatic N) is 4. The third-order valence-electron chi connectivity index (χ3n) is 8.70. The maximum absolute atomic E-state index is 4.17. The molecule has 0 aliphatic rings. The van der Waals surface area contributed by atoms with Gasteiger partial charge in [-0.3, -0.25) is 9.97 Å². The molecule has 4 aromatic heterocycles. The third kappa shape index (κ3) is 8.69. The summed E-state index contributed by atoms with van der Waals surface area (Å²) in [6.45, 7) is 6.40. The summed E-state index contributed by atoms with van der Waals surface area (Å²) in [6.07, 6.45) is 28.9. The summed E-state index contributed by atoms with van der Waals surface area (Å²) in [6, 6.07) is 22.0. The van der Waals surface area contributed by atoms with Gasteiger partial charge in [-0.05, 0) is 83.3 Å². The highest BCUT2D eigenvalue weighted by Gasteiger charge is 2.18. The molecule has 4 nitrogen and oxygen atoms in total. The molecule has 0 radical (unpaired) electrons. The van der Waals surface area contributed by atoms with Gasteiger partial charge in [0.15, 0.2) is 37.9 Å². The van der Waals surface area contributed by atoms with Gasteiger partial charge in [0, 0.05) is 60.2 Å². The van der Waals surface area contributed by atoms with Gasteiger partial charge in [-0.25, -0.2) is 9.13 Å². The molecular formula is C40H48N4+2. The van der Waals surface area contributed by atoms with Crippen LogP contribution in [0.3, 0.4) is 0 Å². The van der Waals surface area contributed by atoms with Crippen LogP contribution in [-0.2, 0) is 25.9 Å². The van der Waals surface area contributed by atoms with Crippen LogP contribution in [0, 0.1) is 0 Å². The molecule has 5 rings (SSSR count). The number of aromatic nitrogens is 4. The zero-order valence-electron chi connectivity index (χ0n) is 26.7. The van der Waals surface area contributed by atoms with Crippen molar-refractivity contribution in [3.05, 3.63) is 132 Å². The van der Waals surface area contributed by atoms with Gasteiger partial charge in [0.05, 0.1) is 0 Å². The van der Waals surface area contributed by atoms with E-state index in [1.807, 2.05) is 24.8 Å². The van der Waals surface area contributed by atoms with Gasteiger partial charge >= 0.3 is 0 Å². The highest BCUT2D eigenvalue weighted by Crippen LogP contribution is 2.26. The van der Waals surface area contributed by atoms with E-state index >= 15 is 0 Å². The van der Waals surface area contributed by atoms with Gasteiger partial charge in [-0.2, -0.15) is 0 Å². The number of unbranched alkanes of at least 4 members (excludes halogenated alkanes) is 6. The molecule has 4 heterocycles. The van der Waals surface area contributed by atoms with Crippen molar-refractivity contribution in [1.82, 2.24) is 9.97 Å². The lowest BCUT2D eigenvalue weighted by atomic mass is 9.88. The Labute approximate surface area is 264 Å². The van der Waals surface area contributed by atoms with Crippen molar-refractivity contribution < 1.29 is 9.13 Å². The first-order valence-electron chi connectivity index (χ1n) is 16.7. The molecule has 1 aromatic carbocycles. The molecule has 0 amide bonds. The average Bonchev–Trinajstić information content (AvgIpc) is 3.08. The van der Waals surface area contributed by atoms with Crippen LogP contribution < -0.4 is 9.13 Å². The molecule has 44 heavy (non-hydrogen) atoms. The van der Waals surface area contributed by atoms with Gasteiger partial charge < -0.3 is 0 Å². The van der Waals surface area contributed by atoms with Gasteiger partial charge in [0.2, 0.25) is 0 Å².